The molecule has 3 heterocycles. The van der Waals surface area contributed by atoms with Crippen LogP contribution in [-0.2, 0) is 9.59 Å². The molecule has 2 aromatic heterocycles. The highest BCUT2D eigenvalue weighted by Gasteiger charge is 2.48. The minimum atomic E-state index is -0.880. The normalized spacial score (nSPS) is 16.9. The molecule has 37 heavy (non-hydrogen) atoms. The maximum absolute atomic E-state index is 13.4. The molecule has 1 fully saturated rings. The highest BCUT2D eigenvalue weighted by molar-refractivity contribution is 7.22. The Labute approximate surface area is 217 Å². The van der Waals surface area contributed by atoms with Crippen LogP contribution < -0.4 is 14.4 Å². The third kappa shape index (κ3) is 4.65. The highest BCUT2D eigenvalue weighted by atomic mass is 32.1. The third-order valence-electron chi connectivity index (χ3n) is 6.13. The van der Waals surface area contributed by atoms with E-state index in [1.807, 2.05) is 6.07 Å². The van der Waals surface area contributed by atoms with Gasteiger partial charge in [0.15, 0.2) is 5.13 Å². The largest absolute Gasteiger partial charge is 0.507 e. The van der Waals surface area contributed by atoms with Crippen molar-refractivity contribution < 1.29 is 24.2 Å². The Kier molecular flexibility index (Phi) is 6.87. The summed E-state index contributed by atoms with van der Waals surface area (Å²) in [5, 5.41) is 11.7. The molecule has 1 amide bonds. The van der Waals surface area contributed by atoms with Gasteiger partial charge in [-0.05, 0) is 54.4 Å². The van der Waals surface area contributed by atoms with Crippen LogP contribution in [0.2, 0.25) is 0 Å². The zero-order valence-electron chi connectivity index (χ0n) is 20.4. The number of nitrogens with zero attached hydrogens (tertiary/aromatic N) is 3. The van der Waals surface area contributed by atoms with Gasteiger partial charge in [0.2, 0.25) is 0 Å². The fourth-order valence-electron chi connectivity index (χ4n) is 4.24. The summed E-state index contributed by atoms with van der Waals surface area (Å²) in [7, 11) is 1.58. The van der Waals surface area contributed by atoms with Crippen molar-refractivity contribution in [2.24, 2.45) is 0 Å². The minimum absolute atomic E-state index is 0.0151. The van der Waals surface area contributed by atoms with Gasteiger partial charge in [0.05, 0.1) is 35.5 Å². The van der Waals surface area contributed by atoms with E-state index in [2.05, 4.69) is 16.9 Å². The van der Waals surface area contributed by atoms with Gasteiger partial charge in [0.25, 0.3) is 5.78 Å². The molecule has 1 aliphatic rings. The summed E-state index contributed by atoms with van der Waals surface area (Å²) in [5.41, 5.74) is 1.68. The van der Waals surface area contributed by atoms with E-state index in [0.717, 1.165) is 17.5 Å². The van der Waals surface area contributed by atoms with Crippen LogP contribution in [0.15, 0.2) is 72.6 Å². The molecule has 1 aliphatic heterocycles. The highest BCUT2D eigenvalue weighted by Crippen LogP contribution is 2.44. The number of anilines is 1. The Balaban J connectivity index is 1.63. The van der Waals surface area contributed by atoms with E-state index in [1.54, 1.807) is 68.0 Å². The lowest BCUT2D eigenvalue weighted by atomic mass is 9.96. The van der Waals surface area contributed by atoms with Crippen molar-refractivity contribution in [3.05, 3.63) is 83.7 Å². The standard InChI is InChI=1S/C28H25N3O5S/c1-3-4-14-36-20-7-5-6-18(15-20)25(32)23-24(17-10-12-29-13-11-17)31(27(34)26(23)33)28-30-21-9-8-19(35-2)16-22(21)37-28/h5-13,15-16,24,32H,3-4,14H2,1-2H3. The van der Waals surface area contributed by atoms with E-state index in [9.17, 15) is 14.7 Å². The summed E-state index contributed by atoms with van der Waals surface area (Å²) in [6, 6.07) is 14.9. The molecular formula is C28H25N3O5S. The van der Waals surface area contributed by atoms with Crippen molar-refractivity contribution in [1.82, 2.24) is 9.97 Å². The second kappa shape index (κ2) is 10.4. The number of ether oxygens (including phenoxy) is 2. The minimum Gasteiger partial charge on any atom is -0.507 e. The Morgan fingerprint density at radius 3 is 2.65 bits per heavy atom. The summed E-state index contributed by atoms with van der Waals surface area (Å²) < 4.78 is 11.9. The number of unbranched alkanes of at least 4 members (excludes halogenated alkanes) is 1. The zero-order chi connectivity index (χ0) is 25.9. The predicted octanol–water partition coefficient (Wildman–Crippen LogP) is 5.51. The van der Waals surface area contributed by atoms with Gasteiger partial charge in [-0.3, -0.25) is 19.5 Å². The average molecular weight is 516 g/mol. The van der Waals surface area contributed by atoms with Gasteiger partial charge < -0.3 is 14.6 Å². The number of fused-ring (bicyclic) bond motifs is 1. The number of Topliss-reactive ketones (excluding diaryl/α,β-unsaturated/α-hetero) is 1. The number of hydrogen-bond donors (Lipinski definition) is 1. The lowest BCUT2D eigenvalue weighted by molar-refractivity contribution is -0.132. The van der Waals surface area contributed by atoms with Gasteiger partial charge >= 0.3 is 5.91 Å². The van der Waals surface area contributed by atoms with Crippen molar-refractivity contribution in [1.29, 1.82) is 0 Å². The van der Waals surface area contributed by atoms with Crippen molar-refractivity contribution in [2.45, 2.75) is 25.8 Å². The molecule has 1 saturated heterocycles. The number of aromatic nitrogens is 2. The number of ketones is 1. The number of thiazole rings is 1. The Morgan fingerprint density at radius 2 is 1.89 bits per heavy atom. The SMILES string of the molecule is CCCCOc1cccc(C(O)=C2C(=O)C(=O)N(c3nc4ccc(OC)cc4s3)C2c2ccncc2)c1. The van der Waals surface area contributed by atoms with E-state index in [0.29, 0.717) is 39.9 Å². The van der Waals surface area contributed by atoms with Gasteiger partial charge in [-0.25, -0.2) is 4.98 Å². The van der Waals surface area contributed by atoms with Crippen LogP contribution in [0, 0.1) is 0 Å². The topological polar surface area (TPSA) is 102 Å². The van der Waals surface area contributed by atoms with Crippen molar-refractivity contribution >= 4 is 44.1 Å². The van der Waals surface area contributed by atoms with Crippen molar-refractivity contribution in [2.75, 3.05) is 18.6 Å². The molecule has 0 radical (unpaired) electrons. The molecule has 0 saturated carbocycles. The van der Waals surface area contributed by atoms with Crippen LogP contribution in [0.4, 0.5) is 5.13 Å². The van der Waals surface area contributed by atoms with E-state index in [1.165, 1.54) is 16.2 Å². The summed E-state index contributed by atoms with van der Waals surface area (Å²) in [6.45, 7) is 2.62. The second-order valence-electron chi connectivity index (χ2n) is 8.51. The molecule has 0 bridgehead atoms. The summed E-state index contributed by atoms with van der Waals surface area (Å²) in [5.74, 6) is -0.576. The molecule has 1 N–H and O–H groups in total. The molecule has 5 rings (SSSR count). The molecule has 0 spiro atoms. The number of methoxy groups -OCH3 is 1. The van der Waals surface area contributed by atoms with E-state index in [-0.39, 0.29) is 11.3 Å². The van der Waals surface area contributed by atoms with E-state index < -0.39 is 17.7 Å². The number of aliphatic hydroxyl groups excluding tert-OH is 1. The van der Waals surface area contributed by atoms with Gasteiger partial charge in [0.1, 0.15) is 17.3 Å². The molecule has 4 aromatic rings. The fraction of sp³-hybridized carbons (Fsp3) is 0.214. The third-order valence-corrected chi connectivity index (χ3v) is 7.15. The number of pyridine rings is 1. The Morgan fingerprint density at radius 1 is 1.08 bits per heavy atom. The number of amides is 1. The van der Waals surface area contributed by atoms with Gasteiger partial charge in [0, 0.05) is 18.0 Å². The van der Waals surface area contributed by atoms with Crippen LogP contribution >= 0.6 is 11.3 Å². The first kappa shape index (κ1) is 24.5. The molecular weight excluding hydrogens is 490 g/mol. The van der Waals surface area contributed by atoms with Crippen LogP contribution in [0.5, 0.6) is 11.5 Å². The molecule has 188 valence electrons. The van der Waals surface area contributed by atoms with E-state index in [4.69, 9.17) is 9.47 Å². The van der Waals surface area contributed by atoms with Crippen molar-refractivity contribution in [3.63, 3.8) is 0 Å². The Bertz CT molecular complexity index is 1500. The number of hydrogen-bond acceptors (Lipinski definition) is 8. The van der Waals surface area contributed by atoms with Crippen molar-refractivity contribution in [3.8, 4) is 11.5 Å². The summed E-state index contributed by atoms with van der Waals surface area (Å²) in [4.78, 5) is 36.9. The summed E-state index contributed by atoms with van der Waals surface area (Å²) in [6.07, 6.45) is 5.06. The lowest BCUT2D eigenvalue weighted by Gasteiger charge is -2.22. The lowest BCUT2D eigenvalue weighted by Crippen LogP contribution is -2.29. The number of carbonyl (C=O) groups is 2. The maximum atomic E-state index is 13.4. The molecule has 8 nitrogen and oxygen atoms in total. The Hall–Kier alpha value is -4.24. The first-order valence-electron chi connectivity index (χ1n) is 11.9. The number of rotatable bonds is 8. The first-order chi connectivity index (χ1) is 18.0. The van der Waals surface area contributed by atoms with Crippen LogP contribution in [0.25, 0.3) is 16.0 Å². The quantitative estimate of drug-likeness (QED) is 0.143. The van der Waals surface area contributed by atoms with E-state index >= 15 is 0 Å². The first-order valence-corrected chi connectivity index (χ1v) is 12.7. The average Bonchev–Trinajstić information content (AvgIpc) is 3.46. The fourth-order valence-corrected chi connectivity index (χ4v) is 5.26. The summed E-state index contributed by atoms with van der Waals surface area (Å²) >= 11 is 1.27. The predicted molar refractivity (Wildman–Crippen MR) is 142 cm³/mol. The smallest absolute Gasteiger partial charge is 0.301 e. The zero-order valence-corrected chi connectivity index (χ0v) is 21.2. The maximum Gasteiger partial charge on any atom is 0.301 e. The number of benzene rings is 2. The molecule has 1 atom stereocenters. The molecule has 0 aliphatic carbocycles. The molecule has 9 heteroatoms. The van der Waals surface area contributed by atoms with Crippen LogP contribution in [0.1, 0.15) is 36.9 Å². The van der Waals surface area contributed by atoms with Gasteiger partial charge in [-0.2, -0.15) is 0 Å². The van der Waals surface area contributed by atoms with Crippen LogP contribution in [0.3, 0.4) is 0 Å². The van der Waals surface area contributed by atoms with Gasteiger partial charge in [-0.15, -0.1) is 0 Å². The molecule has 1 unspecified atom stereocenters. The molecule has 2 aromatic carbocycles. The second-order valence-corrected chi connectivity index (χ2v) is 9.52. The van der Waals surface area contributed by atoms with Crippen LogP contribution in [-0.4, -0.2) is 40.5 Å². The number of carbonyl (C=O) groups excluding carboxylic acids is 2. The number of aliphatic hydroxyl groups is 1. The monoisotopic (exact) mass is 515 g/mol. The van der Waals surface area contributed by atoms with Gasteiger partial charge in [-0.1, -0.05) is 36.8 Å².